The van der Waals surface area contributed by atoms with Crippen molar-refractivity contribution < 1.29 is 0 Å². The van der Waals surface area contributed by atoms with Gasteiger partial charge in [-0.15, -0.1) is 11.3 Å². The van der Waals surface area contributed by atoms with Gasteiger partial charge >= 0.3 is 0 Å². The molecule has 2 atom stereocenters. The maximum absolute atomic E-state index is 3.82. The zero-order chi connectivity index (χ0) is 11.7. The van der Waals surface area contributed by atoms with Crippen LogP contribution in [0.5, 0.6) is 0 Å². The van der Waals surface area contributed by atoms with Crippen molar-refractivity contribution in [1.82, 2.24) is 5.32 Å². The summed E-state index contributed by atoms with van der Waals surface area (Å²) in [6.45, 7) is 1.23. The second kappa shape index (κ2) is 5.80. The van der Waals surface area contributed by atoms with E-state index in [1.54, 1.807) is 10.4 Å². The summed E-state index contributed by atoms with van der Waals surface area (Å²) in [5.74, 6) is 3.66. The minimum absolute atomic E-state index is 0.643. The van der Waals surface area contributed by atoms with Crippen LogP contribution in [0.15, 0.2) is 6.07 Å². The van der Waals surface area contributed by atoms with Gasteiger partial charge in [0.25, 0.3) is 0 Å². The van der Waals surface area contributed by atoms with E-state index in [2.05, 4.69) is 45.7 Å². The van der Waals surface area contributed by atoms with Gasteiger partial charge in [0.05, 0.1) is 2.88 Å². The molecule has 2 aliphatic rings. The van der Waals surface area contributed by atoms with Crippen LogP contribution in [0.1, 0.15) is 35.7 Å². The van der Waals surface area contributed by atoms with Crippen LogP contribution in [0.25, 0.3) is 0 Å². The van der Waals surface area contributed by atoms with Gasteiger partial charge in [-0.25, -0.2) is 0 Å². The van der Waals surface area contributed by atoms with Crippen molar-refractivity contribution in [2.24, 2.45) is 5.92 Å². The van der Waals surface area contributed by atoms with Crippen LogP contribution in [0.2, 0.25) is 0 Å². The number of aryl methyl sites for hydroxylation is 1. The van der Waals surface area contributed by atoms with E-state index in [4.69, 9.17) is 0 Å². The Morgan fingerprint density at radius 2 is 2.35 bits per heavy atom. The third-order valence-electron chi connectivity index (χ3n) is 3.76. The minimum Gasteiger partial charge on any atom is -0.310 e. The van der Waals surface area contributed by atoms with E-state index in [9.17, 15) is 0 Å². The van der Waals surface area contributed by atoms with Crippen LogP contribution in [0, 0.1) is 8.80 Å². The molecule has 1 nitrogen and oxygen atoms in total. The number of hydrogen-bond acceptors (Lipinski definition) is 3. The highest BCUT2D eigenvalue weighted by molar-refractivity contribution is 14.1. The van der Waals surface area contributed by atoms with Gasteiger partial charge in [-0.2, -0.15) is 11.8 Å². The van der Waals surface area contributed by atoms with Crippen molar-refractivity contribution in [2.75, 3.05) is 18.1 Å². The Kier molecular flexibility index (Phi) is 4.35. The highest BCUT2D eigenvalue weighted by atomic mass is 127. The normalized spacial score (nSPS) is 28.3. The number of thioether (sulfide) groups is 1. The molecule has 0 aromatic carbocycles. The molecule has 1 aliphatic carbocycles. The van der Waals surface area contributed by atoms with Gasteiger partial charge in [-0.1, -0.05) is 0 Å². The topological polar surface area (TPSA) is 12.0 Å². The van der Waals surface area contributed by atoms with E-state index >= 15 is 0 Å². The monoisotopic (exact) mass is 379 g/mol. The van der Waals surface area contributed by atoms with Crippen LogP contribution in [-0.4, -0.2) is 18.1 Å². The highest BCUT2D eigenvalue weighted by Gasteiger charge is 2.24. The zero-order valence-corrected chi connectivity index (χ0v) is 13.7. The summed E-state index contributed by atoms with van der Waals surface area (Å²) in [5.41, 5.74) is 1.61. The number of thiophene rings is 1. The Bertz CT molecular complexity index is 385. The second-order valence-electron chi connectivity index (χ2n) is 5.01. The van der Waals surface area contributed by atoms with Crippen molar-refractivity contribution in [3.8, 4) is 0 Å². The lowest BCUT2D eigenvalue weighted by molar-refractivity contribution is 0.420. The molecule has 1 N–H and O–H groups in total. The summed E-state index contributed by atoms with van der Waals surface area (Å²) >= 11 is 6.58. The van der Waals surface area contributed by atoms with Crippen molar-refractivity contribution in [1.29, 1.82) is 0 Å². The van der Waals surface area contributed by atoms with Crippen molar-refractivity contribution in [3.63, 3.8) is 0 Å². The molecule has 0 saturated carbocycles. The lowest BCUT2D eigenvalue weighted by atomic mass is 9.93. The molecule has 0 bridgehead atoms. The molecule has 0 radical (unpaired) electrons. The number of rotatable bonds is 3. The van der Waals surface area contributed by atoms with E-state index in [1.165, 1.54) is 46.6 Å². The molecule has 1 aliphatic heterocycles. The molecule has 2 heterocycles. The van der Waals surface area contributed by atoms with E-state index < -0.39 is 0 Å². The Hall–Kier alpha value is 0.740. The molecule has 2 unspecified atom stereocenters. The summed E-state index contributed by atoms with van der Waals surface area (Å²) < 4.78 is 1.46. The molecule has 94 valence electrons. The van der Waals surface area contributed by atoms with Gasteiger partial charge in [0.15, 0.2) is 0 Å². The average Bonchev–Trinajstić information content (AvgIpc) is 2.93. The maximum Gasteiger partial charge on any atom is 0.0659 e. The minimum atomic E-state index is 0.643. The molecule has 4 heteroatoms. The first-order valence-corrected chi connectivity index (χ1v) is 9.47. The van der Waals surface area contributed by atoms with Gasteiger partial charge in [0.2, 0.25) is 0 Å². The summed E-state index contributed by atoms with van der Waals surface area (Å²) in [5, 5.41) is 3.82. The molecule has 1 saturated heterocycles. The largest absolute Gasteiger partial charge is 0.310 e. The van der Waals surface area contributed by atoms with Gasteiger partial charge in [0.1, 0.15) is 0 Å². The number of fused-ring (bicyclic) bond motifs is 1. The Morgan fingerprint density at radius 1 is 1.41 bits per heavy atom. The lowest BCUT2D eigenvalue weighted by Gasteiger charge is -2.25. The predicted octanol–water partition coefficient (Wildman–Crippen LogP) is 4.07. The van der Waals surface area contributed by atoms with E-state index in [0.29, 0.717) is 6.04 Å². The fourth-order valence-corrected chi connectivity index (χ4v) is 6.19. The molecular weight excluding hydrogens is 361 g/mol. The van der Waals surface area contributed by atoms with E-state index in [0.717, 1.165) is 5.92 Å². The molecule has 0 spiro atoms. The number of hydrogen-bond donors (Lipinski definition) is 1. The van der Waals surface area contributed by atoms with Crippen molar-refractivity contribution in [3.05, 3.63) is 19.4 Å². The van der Waals surface area contributed by atoms with Gasteiger partial charge in [-0.05, 0) is 83.9 Å². The van der Waals surface area contributed by atoms with Gasteiger partial charge in [0, 0.05) is 10.9 Å². The molecule has 3 rings (SSSR count). The molecule has 17 heavy (non-hydrogen) atoms. The average molecular weight is 379 g/mol. The van der Waals surface area contributed by atoms with E-state index in [1.807, 2.05) is 11.3 Å². The Labute approximate surface area is 125 Å². The Balaban J connectivity index is 1.63. The van der Waals surface area contributed by atoms with Crippen molar-refractivity contribution >= 4 is 45.7 Å². The quantitative estimate of drug-likeness (QED) is 0.795. The van der Waals surface area contributed by atoms with Crippen LogP contribution in [0.3, 0.4) is 0 Å². The molecule has 1 aromatic heterocycles. The van der Waals surface area contributed by atoms with Crippen LogP contribution >= 0.6 is 45.7 Å². The second-order valence-corrected chi connectivity index (χ2v) is 9.19. The van der Waals surface area contributed by atoms with Crippen molar-refractivity contribution in [2.45, 2.75) is 31.7 Å². The third kappa shape index (κ3) is 3.01. The Morgan fingerprint density at radius 3 is 3.18 bits per heavy atom. The fraction of sp³-hybridized carbons (Fsp3) is 0.692. The van der Waals surface area contributed by atoms with E-state index in [-0.39, 0.29) is 0 Å². The maximum atomic E-state index is 3.82. The third-order valence-corrected chi connectivity index (χ3v) is 6.96. The van der Waals surface area contributed by atoms with Gasteiger partial charge < -0.3 is 5.32 Å². The standard InChI is InChI=1S/C13H18INS2/c14-13-6-10-11(2-1-3-12(10)17-13)15-7-9-4-5-16-8-9/h6,9,11,15H,1-5,7-8H2. The van der Waals surface area contributed by atoms with Gasteiger partial charge in [-0.3, -0.25) is 0 Å². The van der Waals surface area contributed by atoms with Crippen LogP contribution in [-0.2, 0) is 6.42 Å². The smallest absolute Gasteiger partial charge is 0.0659 e. The first-order chi connectivity index (χ1) is 8.33. The number of nitrogens with one attached hydrogen (secondary N) is 1. The molecular formula is C13H18INS2. The SMILES string of the molecule is Ic1cc2c(s1)CCCC2NCC1CCSC1. The number of halogens is 1. The molecule has 1 fully saturated rings. The summed E-state index contributed by atoms with van der Waals surface area (Å²) in [4.78, 5) is 1.64. The van der Waals surface area contributed by atoms with Crippen LogP contribution in [0.4, 0.5) is 0 Å². The molecule has 0 amide bonds. The summed E-state index contributed by atoms with van der Waals surface area (Å²) in [6.07, 6.45) is 5.42. The fourth-order valence-electron chi connectivity index (χ4n) is 2.79. The first kappa shape index (κ1) is 12.8. The first-order valence-electron chi connectivity index (χ1n) is 6.42. The zero-order valence-electron chi connectivity index (χ0n) is 9.88. The predicted molar refractivity (Wildman–Crippen MR) is 86.1 cm³/mol. The van der Waals surface area contributed by atoms with Crippen LogP contribution < -0.4 is 5.32 Å². The molecule has 1 aromatic rings. The summed E-state index contributed by atoms with van der Waals surface area (Å²) in [6, 6.07) is 3.05. The highest BCUT2D eigenvalue weighted by Crippen LogP contribution is 2.36. The summed E-state index contributed by atoms with van der Waals surface area (Å²) in [7, 11) is 0. The lowest BCUT2D eigenvalue weighted by Crippen LogP contribution is -2.29.